The van der Waals surface area contributed by atoms with Crippen molar-refractivity contribution in [3.8, 4) is 0 Å². The molecule has 18 heavy (non-hydrogen) atoms. The number of rotatable bonds is 2. The van der Waals surface area contributed by atoms with Gasteiger partial charge in [-0.25, -0.2) is 0 Å². The van der Waals surface area contributed by atoms with Gasteiger partial charge >= 0.3 is 0 Å². The minimum Gasteiger partial charge on any atom is -0.388 e. The predicted octanol–water partition coefficient (Wildman–Crippen LogP) is 1.70. The van der Waals surface area contributed by atoms with Crippen LogP contribution in [0.5, 0.6) is 0 Å². The Labute approximate surface area is 107 Å². The van der Waals surface area contributed by atoms with Crippen molar-refractivity contribution in [2.24, 2.45) is 0 Å². The van der Waals surface area contributed by atoms with Gasteiger partial charge in [0.25, 0.3) is 5.91 Å². The van der Waals surface area contributed by atoms with E-state index in [1.165, 1.54) is 0 Å². The summed E-state index contributed by atoms with van der Waals surface area (Å²) in [6, 6.07) is 0. The van der Waals surface area contributed by atoms with Crippen LogP contribution in [0.3, 0.4) is 0 Å². The van der Waals surface area contributed by atoms with Crippen LogP contribution < -0.4 is 0 Å². The minimum atomic E-state index is -0.779. The molecule has 1 amide bonds. The zero-order chi connectivity index (χ0) is 13.5. The SMILES string of the molecule is Cc1noc(C(C)C)c1C(=O)N1CCC(C)(O)C1. The Morgan fingerprint density at radius 2 is 2.22 bits per heavy atom. The third-order valence-electron chi connectivity index (χ3n) is 3.37. The number of carbonyl (C=O) groups excluding carboxylic acids is 1. The van der Waals surface area contributed by atoms with E-state index in [-0.39, 0.29) is 11.8 Å². The molecule has 0 radical (unpaired) electrons. The second-order valence-corrected chi connectivity index (χ2v) is 5.64. The average molecular weight is 252 g/mol. The molecule has 1 fully saturated rings. The average Bonchev–Trinajstić information content (AvgIpc) is 2.80. The van der Waals surface area contributed by atoms with E-state index in [1.54, 1.807) is 18.7 Å². The maximum atomic E-state index is 12.5. The Morgan fingerprint density at radius 1 is 1.56 bits per heavy atom. The van der Waals surface area contributed by atoms with Crippen molar-refractivity contribution in [3.63, 3.8) is 0 Å². The first-order chi connectivity index (χ1) is 8.32. The summed E-state index contributed by atoms with van der Waals surface area (Å²) in [6.07, 6.45) is 0.611. The number of aliphatic hydroxyl groups is 1. The van der Waals surface area contributed by atoms with Crippen molar-refractivity contribution in [1.82, 2.24) is 10.1 Å². The minimum absolute atomic E-state index is 0.0878. The van der Waals surface area contributed by atoms with Crippen LogP contribution in [0.4, 0.5) is 0 Å². The summed E-state index contributed by atoms with van der Waals surface area (Å²) in [5.74, 6) is 0.660. The number of aromatic nitrogens is 1. The monoisotopic (exact) mass is 252 g/mol. The molecule has 1 aromatic rings. The summed E-state index contributed by atoms with van der Waals surface area (Å²) in [7, 11) is 0. The second-order valence-electron chi connectivity index (χ2n) is 5.64. The van der Waals surface area contributed by atoms with E-state index in [4.69, 9.17) is 4.52 Å². The summed E-state index contributed by atoms with van der Waals surface area (Å²) in [6.45, 7) is 8.41. The number of likely N-dealkylation sites (tertiary alicyclic amines) is 1. The molecule has 2 rings (SSSR count). The molecule has 1 aliphatic rings. The van der Waals surface area contributed by atoms with Crippen LogP contribution in [0.25, 0.3) is 0 Å². The molecule has 0 aromatic carbocycles. The molecule has 5 nitrogen and oxygen atoms in total. The van der Waals surface area contributed by atoms with Crippen molar-refractivity contribution >= 4 is 5.91 Å². The van der Waals surface area contributed by atoms with Gasteiger partial charge in [-0.2, -0.15) is 0 Å². The number of hydrogen-bond acceptors (Lipinski definition) is 4. The van der Waals surface area contributed by atoms with Crippen molar-refractivity contribution in [2.75, 3.05) is 13.1 Å². The topological polar surface area (TPSA) is 66.6 Å². The second kappa shape index (κ2) is 4.39. The molecule has 1 unspecified atom stereocenters. The van der Waals surface area contributed by atoms with Gasteiger partial charge in [0.1, 0.15) is 5.56 Å². The number of aryl methyl sites for hydroxylation is 1. The van der Waals surface area contributed by atoms with Gasteiger partial charge in [0.05, 0.1) is 11.3 Å². The van der Waals surface area contributed by atoms with E-state index < -0.39 is 5.60 Å². The third-order valence-corrected chi connectivity index (χ3v) is 3.37. The lowest BCUT2D eigenvalue weighted by Crippen LogP contribution is -2.34. The molecular formula is C13H20N2O3. The molecule has 1 aliphatic heterocycles. The van der Waals surface area contributed by atoms with E-state index in [2.05, 4.69) is 5.16 Å². The normalized spacial score (nSPS) is 24.0. The standard InChI is InChI=1S/C13H20N2O3/c1-8(2)11-10(9(3)14-18-11)12(16)15-6-5-13(4,17)7-15/h8,17H,5-7H2,1-4H3. The highest BCUT2D eigenvalue weighted by atomic mass is 16.5. The zero-order valence-corrected chi connectivity index (χ0v) is 11.4. The molecule has 1 atom stereocenters. The Kier molecular flexibility index (Phi) is 3.19. The lowest BCUT2D eigenvalue weighted by molar-refractivity contribution is 0.0570. The largest absolute Gasteiger partial charge is 0.388 e. The molecule has 2 heterocycles. The van der Waals surface area contributed by atoms with Crippen LogP contribution in [0.2, 0.25) is 0 Å². The number of hydrogen-bond donors (Lipinski definition) is 1. The fourth-order valence-electron chi connectivity index (χ4n) is 2.32. The number of nitrogens with zero attached hydrogens (tertiary/aromatic N) is 2. The summed E-state index contributed by atoms with van der Waals surface area (Å²) >= 11 is 0. The first kappa shape index (κ1) is 13.1. The van der Waals surface area contributed by atoms with Crippen LogP contribution in [-0.2, 0) is 0 Å². The smallest absolute Gasteiger partial charge is 0.259 e. The van der Waals surface area contributed by atoms with Gasteiger partial charge < -0.3 is 14.5 Å². The Hall–Kier alpha value is -1.36. The van der Waals surface area contributed by atoms with Crippen molar-refractivity contribution in [3.05, 3.63) is 17.0 Å². The lowest BCUT2D eigenvalue weighted by atomic mass is 10.0. The molecule has 1 aromatic heterocycles. The van der Waals surface area contributed by atoms with Gasteiger partial charge in [-0.3, -0.25) is 4.79 Å². The van der Waals surface area contributed by atoms with Crippen molar-refractivity contribution in [2.45, 2.75) is 45.6 Å². The maximum Gasteiger partial charge on any atom is 0.259 e. The quantitative estimate of drug-likeness (QED) is 0.870. The fraction of sp³-hybridized carbons (Fsp3) is 0.692. The van der Waals surface area contributed by atoms with E-state index in [9.17, 15) is 9.90 Å². The lowest BCUT2D eigenvalue weighted by Gasteiger charge is -2.19. The maximum absolute atomic E-state index is 12.5. The highest BCUT2D eigenvalue weighted by Gasteiger charge is 2.36. The van der Waals surface area contributed by atoms with Crippen LogP contribution in [0, 0.1) is 6.92 Å². The fourth-order valence-corrected chi connectivity index (χ4v) is 2.32. The van der Waals surface area contributed by atoms with Gasteiger partial charge in [0.15, 0.2) is 5.76 Å². The van der Waals surface area contributed by atoms with E-state index >= 15 is 0 Å². The number of β-amino-alcohol motifs (C(OH)–C–C–N with tert-alkyl or cyclic N) is 1. The zero-order valence-electron chi connectivity index (χ0n) is 11.4. The summed E-state index contributed by atoms with van der Waals surface area (Å²) < 4.78 is 5.23. The molecule has 0 spiro atoms. The molecule has 0 saturated carbocycles. The van der Waals surface area contributed by atoms with Crippen LogP contribution in [-0.4, -0.2) is 39.8 Å². The van der Waals surface area contributed by atoms with Gasteiger partial charge in [-0.05, 0) is 20.3 Å². The first-order valence-electron chi connectivity index (χ1n) is 6.29. The molecule has 1 N–H and O–H groups in total. The van der Waals surface area contributed by atoms with E-state index in [0.29, 0.717) is 36.5 Å². The summed E-state index contributed by atoms with van der Waals surface area (Å²) in [5.41, 5.74) is 0.400. The number of amides is 1. The highest BCUT2D eigenvalue weighted by Crippen LogP contribution is 2.27. The highest BCUT2D eigenvalue weighted by molar-refractivity contribution is 5.96. The molecule has 5 heteroatoms. The van der Waals surface area contributed by atoms with Gasteiger partial charge in [-0.1, -0.05) is 19.0 Å². The molecular weight excluding hydrogens is 232 g/mol. The van der Waals surface area contributed by atoms with Crippen molar-refractivity contribution < 1.29 is 14.4 Å². The summed E-state index contributed by atoms with van der Waals surface area (Å²) in [5, 5.41) is 13.8. The third kappa shape index (κ3) is 2.27. The first-order valence-corrected chi connectivity index (χ1v) is 6.29. The molecule has 0 aliphatic carbocycles. The van der Waals surface area contributed by atoms with Gasteiger partial charge in [-0.15, -0.1) is 0 Å². The van der Waals surface area contributed by atoms with E-state index in [0.717, 1.165) is 0 Å². The van der Waals surface area contributed by atoms with Gasteiger partial charge in [0.2, 0.25) is 0 Å². The van der Waals surface area contributed by atoms with Crippen molar-refractivity contribution in [1.29, 1.82) is 0 Å². The Balaban J connectivity index is 2.27. The predicted molar refractivity (Wildman–Crippen MR) is 66.5 cm³/mol. The van der Waals surface area contributed by atoms with E-state index in [1.807, 2.05) is 13.8 Å². The molecule has 100 valence electrons. The molecule has 1 saturated heterocycles. The van der Waals surface area contributed by atoms with Gasteiger partial charge in [0, 0.05) is 19.0 Å². The van der Waals surface area contributed by atoms with Crippen LogP contribution in [0.1, 0.15) is 54.9 Å². The number of carbonyl (C=O) groups is 1. The van der Waals surface area contributed by atoms with Crippen LogP contribution >= 0.6 is 0 Å². The Morgan fingerprint density at radius 3 is 2.72 bits per heavy atom. The molecule has 0 bridgehead atoms. The van der Waals surface area contributed by atoms with Crippen LogP contribution in [0.15, 0.2) is 4.52 Å². The Bertz CT molecular complexity index is 463. The summed E-state index contributed by atoms with van der Waals surface area (Å²) in [4.78, 5) is 14.1.